The van der Waals surface area contributed by atoms with Crippen LogP contribution in [0.2, 0.25) is 0 Å². The Labute approximate surface area is 257 Å². The van der Waals surface area contributed by atoms with E-state index in [-0.39, 0.29) is 55.1 Å². The summed E-state index contributed by atoms with van der Waals surface area (Å²) < 4.78 is 43.2. The number of carbonyl (C=O) groups excluding carboxylic acids is 2. The van der Waals surface area contributed by atoms with E-state index in [1.165, 1.54) is 15.3 Å². The Hall–Kier alpha value is -4.24. The van der Waals surface area contributed by atoms with E-state index in [0.717, 1.165) is 36.6 Å². The van der Waals surface area contributed by atoms with E-state index >= 15 is 0 Å². The number of nitrogens with zero attached hydrogens (tertiary/aromatic N) is 2. The molecule has 0 spiro atoms. The SMILES string of the molecule is O=C(NC1CCCC1)[C@@H](Cc1ccccc1)N(Cc1ccccc1F)C(=O)CCCN1c2cccc3cccc(c23)S1(=O)=O. The first kappa shape index (κ1) is 29.8. The van der Waals surface area contributed by atoms with Crippen LogP contribution in [0.5, 0.6) is 0 Å². The Morgan fingerprint density at radius 3 is 2.36 bits per heavy atom. The first-order valence-corrected chi connectivity index (χ1v) is 16.7. The second-order valence-electron chi connectivity index (χ2n) is 11.6. The molecule has 4 aromatic carbocycles. The van der Waals surface area contributed by atoms with E-state index in [2.05, 4.69) is 5.32 Å². The van der Waals surface area contributed by atoms with E-state index in [4.69, 9.17) is 0 Å². The van der Waals surface area contributed by atoms with Crippen LogP contribution in [0.4, 0.5) is 10.1 Å². The normalized spacial score (nSPS) is 16.2. The lowest BCUT2D eigenvalue weighted by Crippen LogP contribution is -2.52. The van der Waals surface area contributed by atoms with Crippen molar-refractivity contribution in [1.29, 1.82) is 0 Å². The summed E-state index contributed by atoms with van der Waals surface area (Å²) in [5, 5.41) is 4.69. The van der Waals surface area contributed by atoms with Crippen LogP contribution in [0.15, 0.2) is 95.9 Å². The maximum Gasteiger partial charge on any atom is 0.265 e. The second kappa shape index (κ2) is 12.8. The van der Waals surface area contributed by atoms with Gasteiger partial charge < -0.3 is 10.2 Å². The van der Waals surface area contributed by atoms with Crippen LogP contribution in [0.1, 0.15) is 49.7 Å². The van der Waals surface area contributed by atoms with Gasteiger partial charge in [0.25, 0.3) is 10.0 Å². The Balaban J connectivity index is 1.25. The van der Waals surface area contributed by atoms with Gasteiger partial charge in [-0.05, 0) is 48.4 Å². The van der Waals surface area contributed by atoms with Gasteiger partial charge in [-0.3, -0.25) is 13.9 Å². The number of carbonyl (C=O) groups is 2. The monoisotopic (exact) mass is 613 g/mol. The summed E-state index contributed by atoms with van der Waals surface area (Å²) >= 11 is 0. The molecular weight excluding hydrogens is 577 g/mol. The molecule has 6 rings (SSSR count). The fraction of sp³-hybridized carbons (Fsp3) is 0.314. The van der Waals surface area contributed by atoms with Crippen molar-refractivity contribution in [3.63, 3.8) is 0 Å². The van der Waals surface area contributed by atoms with Gasteiger partial charge in [0.15, 0.2) is 0 Å². The van der Waals surface area contributed by atoms with Gasteiger partial charge in [-0.15, -0.1) is 0 Å². The number of amides is 2. The number of nitrogens with one attached hydrogen (secondary N) is 1. The third kappa shape index (κ3) is 6.06. The van der Waals surface area contributed by atoms with Crippen molar-refractivity contribution >= 4 is 38.3 Å². The number of anilines is 1. The molecule has 0 saturated heterocycles. The molecule has 0 radical (unpaired) electrons. The number of halogens is 1. The molecule has 1 aliphatic carbocycles. The van der Waals surface area contributed by atoms with Crippen LogP contribution in [0.25, 0.3) is 10.8 Å². The highest BCUT2D eigenvalue weighted by Crippen LogP contribution is 2.42. The van der Waals surface area contributed by atoms with Crippen LogP contribution in [0.3, 0.4) is 0 Å². The third-order valence-electron chi connectivity index (χ3n) is 8.70. The van der Waals surface area contributed by atoms with E-state index in [9.17, 15) is 22.4 Å². The van der Waals surface area contributed by atoms with Gasteiger partial charge in [0.2, 0.25) is 11.8 Å². The van der Waals surface area contributed by atoms with Gasteiger partial charge in [0, 0.05) is 42.9 Å². The molecular formula is C35H36FN3O4S. The first-order valence-electron chi connectivity index (χ1n) is 15.2. The van der Waals surface area contributed by atoms with Crippen molar-refractivity contribution in [3.05, 3.63) is 108 Å². The molecule has 4 aromatic rings. The molecule has 0 unspecified atom stereocenters. The molecule has 1 saturated carbocycles. The van der Waals surface area contributed by atoms with Gasteiger partial charge in [-0.1, -0.05) is 85.6 Å². The summed E-state index contributed by atoms with van der Waals surface area (Å²) in [5.41, 5.74) is 1.81. The molecule has 1 N–H and O–H groups in total. The summed E-state index contributed by atoms with van der Waals surface area (Å²) in [4.78, 5) is 29.6. The molecule has 1 heterocycles. The van der Waals surface area contributed by atoms with Crippen molar-refractivity contribution in [2.45, 2.75) is 68.5 Å². The zero-order valence-electron chi connectivity index (χ0n) is 24.5. The molecule has 2 aliphatic rings. The van der Waals surface area contributed by atoms with Crippen molar-refractivity contribution in [2.24, 2.45) is 0 Å². The number of sulfonamides is 1. The summed E-state index contributed by atoms with van der Waals surface area (Å²) in [6.07, 6.45) is 4.38. The van der Waals surface area contributed by atoms with Crippen molar-refractivity contribution in [3.8, 4) is 0 Å². The van der Waals surface area contributed by atoms with Crippen molar-refractivity contribution < 1.29 is 22.4 Å². The molecule has 9 heteroatoms. The lowest BCUT2D eigenvalue weighted by molar-refractivity contribution is -0.141. The fourth-order valence-electron chi connectivity index (χ4n) is 6.45. The molecule has 1 fully saturated rings. The molecule has 1 aliphatic heterocycles. The zero-order valence-corrected chi connectivity index (χ0v) is 25.3. The van der Waals surface area contributed by atoms with Gasteiger partial charge in [0.05, 0.1) is 10.6 Å². The van der Waals surface area contributed by atoms with Gasteiger partial charge in [-0.25, -0.2) is 12.8 Å². The van der Waals surface area contributed by atoms with E-state index in [1.807, 2.05) is 48.5 Å². The summed E-state index contributed by atoms with van der Waals surface area (Å²) in [6, 6.07) is 25.7. The molecule has 2 amide bonds. The zero-order chi connectivity index (χ0) is 30.7. The van der Waals surface area contributed by atoms with E-state index in [0.29, 0.717) is 16.6 Å². The highest BCUT2D eigenvalue weighted by atomic mass is 32.2. The van der Waals surface area contributed by atoms with Crippen LogP contribution in [-0.2, 0) is 32.6 Å². The van der Waals surface area contributed by atoms with Gasteiger partial charge in [0.1, 0.15) is 11.9 Å². The molecule has 0 aromatic heterocycles. The highest BCUT2D eigenvalue weighted by molar-refractivity contribution is 7.93. The average Bonchev–Trinajstić information content (AvgIpc) is 3.61. The Morgan fingerprint density at radius 1 is 0.909 bits per heavy atom. The Bertz CT molecular complexity index is 1770. The lowest BCUT2D eigenvalue weighted by Gasteiger charge is -2.32. The summed E-state index contributed by atoms with van der Waals surface area (Å²) in [7, 11) is -3.76. The van der Waals surface area contributed by atoms with Crippen molar-refractivity contribution in [1.82, 2.24) is 10.2 Å². The minimum atomic E-state index is -3.76. The minimum Gasteiger partial charge on any atom is -0.352 e. The quantitative estimate of drug-likeness (QED) is 0.226. The van der Waals surface area contributed by atoms with Gasteiger partial charge in [-0.2, -0.15) is 0 Å². The van der Waals surface area contributed by atoms with E-state index < -0.39 is 21.9 Å². The maximum absolute atomic E-state index is 14.9. The number of hydrogen-bond donors (Lipinski definition) is 1. The Kier molecular flexibility index (Phi) is 8.66. The predicted octanol–water partition coefficient (Wildman–Crippen LogP) is 5.97. The maximum atomic E-state index is 14.9. The molecule has 7 nitrogen and oxygen atoms in total. The predicted molar refractivity (Wildman–Crippen MR) is 169 cm³/mol. The fourth-order valence-corrected chi connectivity index (χ4v) is 8.20. The number of hydrogen-bond acceptors (Lipinski definition) is 4. The van der Waals surface area contributed by atoms with Gasteiger partial charge >= 0.3 is 0 Å². The topological polar surface area (TPSA) is 86.8 Å². The first-order chi connectivity index (χ1) is 21.3. The number of rotatable bonds is 11. The lowest BCUT2D eigenvalue weighted by atomic mass is 10.0. The number of benzene rings is 4. The second-order valence-corrected chi connectivity index (χ2v) is 13.5. The molecule has 1 atom stereocenters. The molecule has 44 heavy (non-hydrogen) atoms. The van der Waals surface area contributed by atoms with Crippen LogP contribution in [-0.4, -0.2) is 43.8 Å². The standard InChI is InChI=1S/C35H36FN3O4S/c36-29-18-7-4-13-27(29)24-38(31(23-25-11-2-1-3-12-25)35(41)37-28-16-5-6-17-28)33(40)21-10-22-39-30-19-8-14-26-15-9-20-32(34(26)30)44(39,42)43/h1-4,7-9,11-15,18-20,28,31H,5-6,10,16-17,21-24H2,(H,37,41)/t31-/m1/s1. The largest absolute Gasteiger partial charge is 0.352 e. The molecule has 228 valence electrons. The average molecular weight is 614 g/mol. The van der Waals surface area contributed by atoms with Crippen LogP contribution >= 0.6 is 0 Å². The minimum absolute atomic E-state index is 0.00517. The Morgan fingerprint density at radius 2 is 1.61 bits per heavy atom. The highest BCUT2D eigenvalue weighted by Gasteiger charge is 2.36. The smallest absolute Gasteiger partial charge is 0.265 e. The summed E-state index contributed by atoms with van der Waals surface area (Å²) in [6.45, 7) is 0.0287. The summed E-state index contributed by atoms with van der Waals surface area (Å²) in [5.74, 6) is -1.04. The van der Waals surface area contributed by atoms with Crippen molar-refractivity contribution in [2.75, 3.05) is 10.8 Å². The third-order valence-corrected chi connectivity index (χ3v) is 10.6. The molecule has 0 bridgehead atoms. The van der Waals surface area contributed by atoms with Crippen LogP contribution < -0.4 is 9.62 Å². The van der Waals surface area contributed by atoms with E-state index in [1.54, 1.807) is 36.4 Å². The van der Waals surface area contributed by atoms with Crippen LogP contribution in [0, 0.1) is 5.82 Å².